The van der Waals surface area contributed by atoms with Crippen molar-refractivity contribution in [3.63, 3.8) is 0 Å². The average Bonchev–Trinajstić information content (AvgIpc) is 3.08. The molecule has 1 atom stereocenters. The second-order valence-corrected chi connectivity index (χ2v) is 9.10. The highest BCUT2D eigenvalue weighted by atomic mass is 32.2. The number of carbonyl (C=O) groups excluding carboxylic acids is 1. The second kappa shape index (κ2) is 9.25. The minimum Gasteiger partial charge on any atom is -0.497 e. The van der Waals surface area contributed by atoms with E-state index < -0.39 is 22.0 Å². The molecule has 2 N–H and O–H groups in total. The fourth-order valence-corrected chi connectivity index (χ4v) is 4.22. The third kappa shape index (κ3) is 5.98. The lowest BCUT2D eigenvalue weighted by atomic mass is 10.0. The van der Waals surface area contributed by atoms with Crippen molar-refractivity contribution in [2.75, 3.05) is 12.4 Å². The number of nitrogens with zero attached hydrogens (tertiary/aromatic N) is 2. The van der Waals surface area contributed by atoms with Crippen molar-refractivity contribution in [1.29, 1.82) is 0 Å². The zero-order valence-corrected chi connectivity index (χ0v) is 17.4. The first-order chi connectivity index (χ1) is 12.7. The largest absolute Gasteiger partial charge is 0.497 e. The van der Waals surface area contributed by atoms with Crippen LogP contribution in [0.15, 0.2) is 29.2 Å². The van der Waals surface area contributed by atoms with Gasteiger partial charge in [0.05, 0.1) is 12.0 Å². The number of benzene rings is 1. The van der Waals surface area contributed by atoms with Crippen LogP contribution in [0.25, 0.3) is 0 Å². The molecule has 0 fully saturated rings. The summed E-state index contributed by atoms with van der Waals surface area (Å²) in [6.07, 6.45) is 1.06. The minimum atomic E-state index is -3.87. The number of nitrogens with one attached hydrogen (secondary N) is 2. The molecule has 0 bridgehead atoms. The molecule has 1 aromatic heterocycles. The van der Waals surface area contributed by atoms with Crippen LogP contribution in [0.3, 0.4) is 0 Å². The molecule has 27 heavy (non-hydrogen) atoms. The van der Waals surface area contributed by atoms with Crippen LogP contribution in [0.1, 0.15) is 32.2 Å². The number of rotatable bonds is 9. The van der Waals surface area contributed by atoms with Gasteiger partial charge >= 0.3 is 0 Å². The second-order valence-electron chi connectivity index (χ2n) is 6.32. The third-order valence-corrected chi connectivity index (χ3v) is 6.16. The molecule has 10 heteroatoms. The van der Waals surface area contributed by atoms with Crippen LogP contribution in [-0.4, -0.2) is 37.7 Å². The highest BCUT2D eigenvalue weighted by molar-refractivity contribution is 7.89. The van der Waals surface area contributed by atoms with Crippen LogP contribution in [-0.2, 0) is 21.2 Å². The number of methoxy groups -OCH3 is 1. The Morgan fingerprint density at radius 1 is 1.22 bits per heavy atom. The van der Waals surface area contributed by atoms with Crippen LogP contribution in [0.2, 0.25) is 0 Å². The highest BCUT2D eigenvalue weighted by Gasteiger charge is 2.27. The molecule has 148 valence electrons. The molecule has 8 nitrogen and oxygen atoms in total. The third-order valence-electron chi connectivity index (χ3n) is 3.69. The maximum absolute atomic E-state index is 12.7. The first kappa shape index (κ1) is 21.3. The van der Waals surface area contributed by atoms with Gasteiger partial charge in [-0.3, -0.25) is 10.1 Å². The van der Waals surface area contributed by atoms with Gasteiger partial charge in [0.1, 0.15) is 16.8 Å². The predicted octanol–water partition coefficient (Wildman–Crippen LogP) is 2.44. The number of amides is 1. The summed E-state index contributed by atoms with van der Waals surface area (Å²) in [5.41, 5.74) is 0. The summed E-state index contributed by atoms with van der Waals surface area (Å²) in [6.45, 7) is 5.78. The molecule has 1 amide bonds. The van der Waals surface area contributed by atoms with Gasteiger partial charge in [-0.05, 0) is 43.0 Å². The summed E-state index contributed by atoms with van der Waals surface area (Å²) in [6, 6.07) is 5.05. The molecule has 1 heterocycles. The van der Waals surface area contributed by atoms with Crippen LogP contribution in [0, 0.1) is 5.92 Å². The molecular weight excluding hydrogens is 388 g/mol. The maximum Gasteiger partial charge on any atom is 0.244 e. The Morgan fingerprint density at radius 2 is 1.89 bits per heavy atom. The van der Waals surface area contributed by atoms with E-state index in [4.69, 9.17) is 4.74 Å². The Kier molecular flexibility index (Phi) is 7.28. The Morgan fingerprint density at radius 3 is 2.41 bits per heavy atom. The SMILES string of the molecule is CCc1nnc(NC(=O)[C@@H](CC(C)C)NS(=O)(=O)c2ccc(OC)cc2)s1. The van der Waals surface area contributed by atoms with E-state index in [9.17, 15) is 13.2 Å². The molecule has 1 aromatic carbocycles. The van der Waals surface area contributed by atoms with Gasteiger partial charge in [0, 0.05) is 0 Å². The Hall–Kier alpha value is -2.04. The summed E-state index contributed by atoms with van der Waals surface area (Å²) < 4.78 is 32.9. The van der Waals surface area contributed by atoms with Gasteiger partial charge in [0.25, 0.3) is 0 Å². The van der Waals surface area contributed by atoms with Gasteiger partial charge in [-0.1, -0.05) is 32.1 Å². The number of hydrogen-bond donors (Lipinski definition) is 2. The summed E-state index contributed by atoms with van der Waals surface area (Å²) in [4.78, 5) is 12.7. The van der Waals surface area contributed by atoms with Gasteiger partial charge in [-0.15, -0.1) is 10.2 Å². The molecule has 0 unspecified atom stereocenters. The van der Waals surface area contributed by atoms with Gasteiger partial charge in [0.2, 0.25) is 21.1 Å². The van der Waals surface area contributed by atoms with Crippen molar-refractivity contribution in [3.8, 4) is 5.75 Å². The number of aromatic nitrogens is 2. The standard InChI is InChI=1S/C17H24N4O4S2/c1-5-15-19-20-17(26-15)18-16(22)14(10-11(2)3)21-27(23,24)13-8-6-12(25-4)7-9-13/h6-9,11,14,21H,5,10H2,1-4H3,(H,18,20,22)/t14-/m1/s1. The van der Waals surface area contributed by atoms with Crippen LogP contribution in [0.4, 0.5) is 5.13 Å². The van der Waals surface area contributed by atoms with E-state index in [1.807, 2.05) is 20.8 Å². The number of aryl methyl sites for hydroxylation is 1. The van der Waals surface area contributed by atoms with Crippen LogP contribution < -0.4 is 14.8 Å². The summed E-state index contributed by atoms with van der Waals surface area (Å²) >= 11 is 1.27. The fourth-order valence-electron chi connectivity index (χ4n) is 2.33. The number of sulfonamides is 1. The maximum atomic E-state index is 12.7. The molecule has 0 radical (unpaired) electrons. The quantitative estimate of drug-likeness (QED) is 0.654. The monoisotopic (exact) mass is 412 g/mol. The van der Waals surface area contributed by atoms with Crippen LogP contribution in [0.5, 0.6) is 5.75 Å². The van der Waals surface area contributed by atoms with Crippen molar-refractivity contribution >= 4 is 32.4 Å². The lowest BCUT2D eigenvalue weighted by molar-refractivity contribution is -0.118. The average molecular weight is 413 g/mol. The van der Waals surface area contributed by atoms with E-state index in [-0.39, 0.29) is 10.8 Å². The molecule has 0 spiro atoms. The lowest BCUT2D eigenvalue weighted by Gasteiger charge is -2.19. The number of hydrogen-bond acceptors (Lipinski definition) is 7. The zero-order valence-electron chi connectivity index (χ0n) is 15.7. The molecule has 2 rings (SSSR count). The van der Waals surface area contributed by atoms with Gasteiger partial charge in [-0.2, -0.15) is 4.72 Å². The molecule has 0 aliphatic heterocycles. The van der Waals surface area contributed by atoms with E-state index in [2.05, 4.69) is 20.2 Å². The number of carbonyl (C=O) groups is 1. The van der Waals surface area contributed by atoms with Gasteiger partial charge in [0.15, 0.2) is 0 Å². The molecule has 0 saturated carbocycles. The smallest absolute Gasteiger partial charge is 0.244 e. The number of ether oxygens (including phenoxy) is 1. The predicted molar refractivity (Wildman–Crippen MR) is 104 cm³/mol. The Labute approximate surface area is 163 Å². The van der Waals surface area contributed by atoms with Gasteiger partial charge < -0.3 is 4.74 Å². The molecular formula is C17H24N4O4S2. The summed E-state index contributed by atoms with van der Waals surface area (Å²) in [7, 11) is -2.36. The van der Waals surface area contributed by atoms with Crippen molar-refractivity contribution in [1.82, 2.24) is 14.9 Å². The Bertz CT molecular complexity index is 863. The minimum absolute atomic E-state index is 0.0639. The van der Waals surface area contributed by atoms with Crippen molar-refractivity contribution in [2.24, 2.45) is 5.92 Å². The van der Waals surface area contributed by atoms with E-state index in [0.717, 1.165) is 5.01 Å². The Balaban J connectivity index is 2.17. The van der Waals surface area contributed by atoms with Gasteiger partial charge in [-0.25, -0.2) is 8.42 Å². The first-order valence-corrected chi connectivity index (χ1v) is 10.8. The first-order valence-electron chi connectivity index (χ1n) is 8.54. The number of anilines is 1. The van der Waals surface area contributed by atoms with Crippen molar-refractivity contribution < 1.29 is 17.9 Å². The topological polar surface area (TPSA) is 110 Å². The summed E-state index contributed by atoms with van der Waals surface area (Å²) in [5, 5.41) is 11.7. The molecule has 0 aliphatic rings. The summed E-state index contributed by atoms with van der Waals surface area (Å²) in [5.74, 6) is 0.202. The van der Waals surface area contributed by atoms with Crippen molar-refractivity contribution in [3.05, 3.63) is 29.3 Å². The zero-order chi connectivity index (χ0) is 20.0. The van der Waals surface area contributed by atoms with Crippen LogP contribution >= 0.6 is 11.3 Å². The van der Waals surface area contributed by atoms with E-state index in [1.165, 1.54) is 30.6 Å². The van der Waals surface area contributed by atoms with E-state index in [0.29, 0.717) is 23.7 Å². The molecule has 0 saturated heterocycles. The molecule has 2 aromatic rings. The van der Waals surface area contributed by atoms with E-state index >= 15 is 0 Å². The normalized spacial score (nSPS) is 12.8. The fraction of sp³-hybridized carbons (Fsp3) is 0.471. The lowest BCUT2D eigenvalue weighted by Crippen LogP contribution is -2.44. The van der Waals surface area contributed by atoms with E-state index in [1.54, 1.807) is 12.1 Å². The highest BCUT2D eigenvalue weighted by Crippen LogP contribution is 2.19. The molecule has 0 aliphatic carbocycles. The van der Waals surface area contributed by atoms with Crippen molar-refractivity contribution in [2.45, 2.75) is 44.6 Å².